The van der Waals surface area contributed by atoms with Crippen LogP contribution >= 0.6 is 0 Å². The number of carbonyl (C=O) groups is 2. The number of hydrogen-bond donors (Lipinski definition) is 4. The molecular weight excluding hydrogens is 861 g/mol. The Labute approximate surface area is 401 Å². The lowest BCUT2D eigenvalue weighted by Crippen LogP contribution is -2.60. The Morgan fingerprint density at radius 1 is 0.530 bits per heavy atom. The van der Waals surface area contributed by atoms with Gasteiger partial charge in [-0.2, -0.15) is 8.42 Å². The van der Waals surface area contributed by atoms with Crippen molar-refractivity contribution in [2.24, 2.45) is 0 Å². The average molecular weight is 955 g/mol. The number of aliphatic hydroxyl groups is 3. The normalized spacial score (nSPS) is 19.8. The van der Waals surface area contributed by atoms with Gasteiger partial charge >= 0.3 is 11.9 Å². The van der Waals surface area contributed by atoms with E-state index in [0.717, 1.165) is 57.8 Å². The van der Waals surface area contributed by atoms with Crippen molar-refractivity contribution >= 4 is 22.1 Å². The number of aliphatic hydroxyl groups excluding tert-OH is 3. The fourth-order valence-electron chi connectivity index (χ4n) is 7.90. The van der Waals surface area contributed by atoms with Gasteiger partial charge in [-0.1, -0.05) is 204 Å². The van der Waals surface area contributed by atoms with Gasteiger partial charge in [-0.05, 0) is 51.4 Å². The summed E-state index contributed by atoms with van der Waals surface area (Å²) in [6.45, 7) is 3.64. The fourth-order valence-corrected chi connectivity index (χ4v) is 8.60. The summed E-state index contributed by atoms with van der Waals surface area (Å²) in [6, 6.07) is 0. The van der Waals surface area contributed by atoms with E-state index in [9.17, 15) is 37.9 Å². The first-order valence-electron chi connectivity index (χ1n) is 26.2. The molecule has 0 spiro atoms. The van der Waals surface area contributed by atoms with Crippen LogP contribution in [0.5, 0.6) is 0 Å². The lowest BCUT2D eigenvalue weighted by atomic mass is 10.00. The van der Waals surface area contributed by atoms with Crippen LogP contribution in [0.3, 0.4) is 0 Å². The Kier molecular flexibility index (Phi) is 39.9. The summed E-state index contributed by atoms with van der Waals surface area (Å²) in [5.74, 6) is -2.03. The third-order valence-electron chi connectivity index (χ3n) is 11.9. The van der Waals surface area contributed by atoms with Gasteiger partial charge in [0.05, 0.1) is 6.61 Å². The van der Waals surface area contributed by atoms with E-state index in [-0.39, 0.29) is 19.4 Å². The minimum Gasteiger partial charge on any atom is -0.462 e. The lowest BCUT2D eigenvalue weighted by molar-refractivity contribution is -0.297. The van der Waals surface area contributed by atoms with E-state index < -0.39 is 71.2 Å². The minimum absolute atomic E-state index is 0.112. The molecule has 4 N–H and O–H groups in total. The summed E-state index contributed by atoms with van der Waals surface area (Å²) >= 11 is 0. The first kappa shape index (κ1) is 61.6. The molecule has 66 heavy (non-hydrogen) atoms. The largest absolute Gasteiger partial charge is 0.462 e. The molecule has 1 rings (SSSR count). The average Bonchev–Trinajstić information content (AvgIpc) is 3.28. The van der Waals surface area contributed by atoms with Gasteiger partial charge < -0.3 is 34.3 Å². The third-order valence-corrected chi connectivity index (χ3v) is 12.7. The second kappa shape index (κ2) is 42.7. The van der Waals surface area contributed by atoms with Gasteiger partial charge in [0, 0.05) is 12.8 Å². The summed E-state index contributed by atoms with van der Waals surface area (Å²) in [7, 11) is -4.61. The molecule has 0 saturated carbocycles. The number of ether oxygens (including phenoxy) is 4. The van der Waals surface area contributed by atoms with Crippen molar-refractivity contribution in [1.29, 1.82) is 0 Å². The van der Waals surface area contributed by atoms with Gasteiger partial charge in [0.1, 0.15) is 36.8 Å². The van der Waals surface area contributed by atoms with Crippen molar-refractivity contribution in [2.45, 2.75) is 256 Å². The van der Waals surface area contributed by atoms with Crippen molar-refractivity contribution in [2.75, 3.05) is 19.0 Å². The fraction of sp³-hybridized carbons (Fsp3) is 0.811. The van der Waals surface area contributed by atoms with E-state index in [1.54, 1.807) is 0 Å². The Morgan fingerprint density at radius 2 is 0.955 bits per heavy atom. The van der Waals surface area contributed by atoms with Crippen LogP contribution in [0.2, 0.25) is 0 Å². The maximum absolute atomic E-state index is 12.8. The van der Waals surface area contributed by atoms with Gasteiger partial charge in [-0.3, -0.25) is 14.1 Å². The highest BCUT2D eigenvalue weighted by atomic mass is 32.2. The molecule has 0 aliphatic carbocycles. The second-order valence-corrected chi connectivity index (χ2v) is 19.7. The Bertz CT molecular complexity index is 1400. The Morgan fingerprint density at radius 3 is 1.42 bits per heavy atom. The molecule has 2 unspecified atom stereocenters. The summed E-state index contributed by atoms with van der Waals surface area (Å²) in [4.78, 5) is 25.5. The predicted molar refractivity (Wildman–Crippen MR) is 266 cm³/mol. The van der Waals surface area contributed by atoms with Crippen molar-refractivity contribution in [1.82, 2.24) is 0 Å². The van der Waals surface area contributed by atoms with E-state index >= 15 is 0 Å². The number of hydrogen-bond acceptors (Lipinski definition) is 11. The minimum atomic E-state index is -4.61. The molecule has 1 fully saturated rings. The lowest BCUT2D eigenvalue weighted by Gasteiger charge is -2.40. The Balaban J connectivity index is 2.34. The quantitative estimate of drug-likeness (QED) is 0.0196. The maximum atomic E-state index is 12.8. The van der Waals surface area contributed by atoms with Gasteiger partial charge in [0.25, 0.3) is 10.1 Å². The molecule has 384 valence electrons. The molecule has 0 amide bonds. The number of esters is 2. The van der Waals surface area contributed by atoms with Crippen molar-refractivity contribution in [3.05, 3.63) is 48.6 Å². The topological polar surface area (TPSA) is 186 Å². The van der Waals surface area contributed by atoms with Crippen LogP contribution in [0.1, 0.15) is 219 Å². The molecule has 1 saturated heterocycles. The number of unbranched alkanes of at least 4 members (excludes halogenated alkanes) is 24. The van der Waals surface area contributed by atoms with E-state index in [2.05, 4.69) is 62.5 Å². The monoisotopic (exact) mass is 955 g/mol. The molecule has 0 aromatic carbocycles. The van der Waals surface area contributed by atoms with Crippen LogP contribution in [0, 0.1) is 0 Å². The molecule has 13 heteroatoms. The highest BCUT2D eigenvalue weighted by molar-refractivity contribution is 7.85. The molecule has 1 aliphatic rings. The third kappa shape index (κ3) is 36.6. The van der Waals surface area contributed by atoms with Crippen LogP contribution < -0.4 is 0 Å². The second-order valence-electron chi connectivity index (χ2n) is 18.2. The summed E-state index contributed by atoms with van der Waals surface area (Å²) < 4.78 is 54.2. The zero-order valence-electron chi connectivity index (χ0n) is 41.3. The van der Waals surface area contributed by atoms with Gasteiger partial charge in [0.2, 0.25) is 0 Å². The molecule has 0 radical (unpaired) electrons. The predicted octanol–water partition coefficient (Wildman–Crippen LogP) is 11.9. The van der Waals surface area contributed by atoms with Gasteiger partial charge in [-0.15, -0.1) is 0 Å². The molecule has 0 bridgehead atoms. The molecule has 6 atom stereocenters. The van der Waals surface area contributed by atoms with Crippen LogP contribution in [0.4, 0.5) is 0 Å². The first-order chi connectivity index (χ1) is 32.0. The van der Waals surface area contributed by atoms with Crippen LogP contribution in [-0.2, 0) is 38.7 Å². The van der Waals surface area contributed by atoms with Crippen LogP contribution in [-0.4, -0.2) is 96.0 Å². The van der Waals surface area contributed by atoms with E-state index in [0.29, 0.717) is 12.8 Å². The molecule has 0 aromatic heterocycles. The number of rotatable bonds is 44. The standard InChI is InChI=1S/C53H94O12S/c1-3-5-7-9-11-13-15-17-19-20-21-22-23-24-25-26-28-29-31-33-35-37-39-41-48(54)62-43-46(44-63-53-52(58)51(57)50(56)47(65-53)45-66(59,60)61)64-49(55)42-40-38-36-34-32-30-27-18-16-14-12-10-8-6-4-2/h6,8,12,14,18,27,32,34,46-47,50-53,56-58H,3-5,7,9-11,13,15-17,19-26,28-31,33,35-45H2,1-2H3,(H,59,60,61)/b8-6+,14-12+,27-18+,34-32+/t46-,47-,50-,51?,52?,53+/m1/s1. The molecule has 1 heterocycles. The number of carbonyl (C=O) groups excluding carboxylic acids is 2. The molecule has 0 aromatic rings. The van der Waals surface area contributed by atoms with E-state index in [1.807, 2.05) is 0 Å². The molecular formula is C53H94O12S. The molecule has 12 nitrogen and oxygen atoms in total. The summed E-state index contributed by atoms with van der Waals surface area (Å²) in [5, 5.41) is 31.0. The SMILES string of the molecule is CC/C=C/C/C=C/C/C=C/C/C=C/CCCCC(=O)O[C@H](COC(=O)CCCCCCCCCCCCCCCCCCCCCCCCC)CO[C@H]1O[C@H](CS(=O)(=O)O)[C@@H](O)C(O)C1O. The van der Waals surface area contributed by atoms with Crippen LogP contribution in [0.25, 0.3) is 0 Å². The van der Waals surface area contributed by atoms with Crippen molar-refractivity contribution in [3.8, 4) is 0 Å². The van der Waals surface area contributed by atoms with Gasteiger partial charge in [-0.25, -0.2) is 0 Å². The highest BCUT2D eigenvalue weighted by Crippen LogP contribution is 2.24. The Hall–Kier alpha value is -2.39. The zero-order valence-corrected chi connectivity index (χ0v) is 42.1. The molecule has 1 aliphatic heterocycles. The maximum Gasteiger partial charge on any atom is 0.306 e. The first-order valence-corrected chi connectivity index (χ1v) is 27.8. The number of allylic oxidation sites excluding steroid dienone is 8. The summed E-state index contributed by atoms with van der Waals surface area (Å²) in [5.41, 5.74) is 0. The zero-order chi connectivity index (χ0) is 48.4. The van der Waals surface area contributed by atoms with Crippen molar-refractivity contribution < 1.29 is 56.8 Å². The van der Waals surface area contributed by atoms with Crippen molar-refractivity contribution in [3.63, 3.8) is 0 Å². The van der Waals surface area contributed by atoms with Gasteiger partial charge in [0.15, 0.2) is 12.4 Å². The van der Waals surface area contributed by atoms with Crippen LogP contribution in [0.15, 0.2) is 48.6 Å². The highest BCUT2D eigenvalue weighted by Gasteiger charge is 2.46. The van der Waals surface area contributed by atoms with E-state index in [4.69, 9.17) is 18.9 Å². The smallest absolute Gasteiger partial charge is 0.306 e. The summed E-state index contributed by atoms with van der Waals surface area (Å²) in [6.07, 6.45) is 43.1. The van der Waals surface area contributed by atoms with E-state index in [1.165, 1.54) is 122 Å².